The molecule has 0 saturated heterocycles. The standard InChI is InChI=1S/C13H16ClN5O2/c1-2-18(8-9-20)13(21)16-11-5-7-19(17-11)12-10(14)4-3-6-15-12/h3-7,20H,2,8-9H2,1H3,(H,16,17,21). The predicted molar refractivity (Wildman–Crippen MR) is 79.7 cm³/mol. The molecule has 0 aromatic carbocycles. The highest BCUT2D eigenvalue weighted by Crippen LogP contribution is 2.17. The summed E-state index contributed by atoms with van der Waals surface area (Å²) in [5.41, 5.74) is 0. The maximum absolute atomic E-state index is 12.0. The first-order valence-corrected chi connectivity index (χ1v) is 6.87. The van der Waals surface area contributed by atoms with Gasteiger partial charge in [0.15, 0.2) is 11.6 Å². The molecule has 2 amide bonds. The van der Waals surface area contributed by atoms with Crippen LogP contribution < -0.4 is 5.32 Å². The fourth-order valence-corrected chi connectivity index (χ4v) is 1.98. The number of hydrogen-bond acceptors (Lipinski definition) is 4. The molecule has 21 heavy (non-hydrogen) atoms. The van der Waals surface area contributed by atoms with Crippen molar-refractivity contribution < 1.29 is 9.90 Å². The predicted octanol–water partition coefficient (Wildman–Crippen LogP) is 1.77. The monoisotopic (exact) mass is 309 g/mol. The molecule has 0 aliphatic rings. The SMILES string of the molecule is CCN(CCO)C(=O)Nc1ccn(-c2ncccc2Cl)n1. The van der Waals surface area contributed by atoms with Gasteiger partial charge in [0, 0.05) is 31.5 Å². The molecule has 0 aliphatic carbocycles. The smallest absolute Gasteiger partial charge is 0.323 e. The van der Waals surface area contributed by atoms with E-state index in [1.807, 2.05) is 6.92 Å². The normalized spacial score (nSPS) is 10.4. The quantitative estimate of drug-likeness (QED) is 0.881. The van der Waals surface area contributed by atoms with E-state index in [4.69, 9.17) is 16.7 Å². The van der Waals surface area contributed by atoms with Gasteiger partial charge in [0.1, 0.15) is 0 Å². The third kappa shape index (κ3) is 3.71. The van der Waals surface area contributed by atoms with Crippen LogP contribution >= 0.6 is 11.6 Å². The first-order valence-electron chi connectivity index (χ1n) is 6.49. The van der Waals surface area contributed by atoms with Gasteiger partial charge in [-0.15, -0.1) is 5.10 Å². The van der Waals surface area contributed by atoms with Crippen LogP contribution in [-0.2, 0) is 0 Å². The Morgan fingerprint density at radius 2 is 2.33 bits per heavy atom. The van der Waals surface area contributed by atoms with Crippen molar-refractivity contribution >= 4 is 23.4 Å². The highest BCUT2D eigenvalue weighted by molar-refractivity contribution is 6.32. The van der Waals surface area contributed by atoms with Crippen LogP contribution in [0.25, 0.3) is 5.82 Å². The minimum absolute atomic E-state index is 0.0841. The zero-order chi connectivity index (χ0) is 15.2. The Bertz CT molecular complexity index is 616. The molecule has 0 spiro atoms. The van der Waals surface area contributed by atoms with Gasteiger partial charge in [-0.05, 0) is 19.1 Å². The number of hydrogen-bond donors (Lipinski definition) is 2. The van der Waals surface area contributed by atoms with E-state index < -0.39 is 0 Å². The number of carbonyl (C=O) groups excluding carboxylic acids is 1. The van der Waals surface area contributed by atoms with E-state index in [0.717, 1.165) is 0 Å². The van der Waals surface area contributed by atoms with Crippen LogP contribution in [0.15, 0.2) is 30.6 Å². The lowest BCUT2D eigenvalue weighted by Crippen LogP contribution is -2.36. The van der Waals surface area contributed by atoms with Crippen molar-refractivity contribution in [1.29, 1.82) is 0 Å². The maximum atomic E-state index is 12.0. The summed E-state index contributed by atoms with van der Waals surface area (Å²) < 4.78 is 1.49. The summed E-state index contributed by atoms with van der Waals surface area (Å²) in [7, 11) is 0. The highest BCUT2D eigenvalue weighted by Gasteiger charge is 2.13. The van der Waals surface area contributed by atoms with Crippen LogP contribution in [0.4, 0.5) is 10.6 Å². The first-order chi connectivity index (χ1) is 10.2. The zero-order valence-electron chi connectivity index (χ0n) is 11.5. The molecular weight excluding hydrogens is 294 g/mol. The van der Waals surface area contributed by atoms with Gasteiger partial charge in [-0.25, -0.2) is 14.5 Å². The number of carbonyl (C=O) groups is 1. The van der Waals surface area contributed by atoms with Crippen molar-refractivity contribution in [2.45, 2.75) is 6.92 Å². The molecular formula is C13H16ClN5O2. The lowest BCUT2D eigenvalue weighted by molar-refractivity contribution is 0.192. The van der Waals surface area contributed by atoms with Crippen molar-refractivity contribution in [3.63, 3.8) is 0 Å². The second-order valence-corrected chi connectivity index (χ2v) is 4.60. The van der Waals surface area contributed by atoms with E-state index in [1.165, 1.54) is 9.58 Å². The van der Waals surface area contributed by atoms with E-state index in [2.05, 4.69) is 15.4 Å². The van der Waals surface area contributed by atoms with Gasteiger partial charge >= 0.3 is 6.03 Å². The molecule has 7 nitrogen and oxygen atoms in total. The van der Waals surface area contributed by atoms with E-state index in [-0.39, 0.29) is 19.2 Å². The molecule has 2 rings (SSSR count). The molecule has 0 fully saturated rings. The topological polar surface area (TPSA) is 83.3 Å². The second kappa shape index (κ2) is 7.05. The number of aliphatic hydroxyl groups excluding tert-OH is 1. The van der Waals surface area contributed by atoms with Gasteiger partial charge in [-0.3, -0.25) is 5.32 Å². The minimum atomic E-state index is -0.316. The number of likely N-dealkylation sites (N-methyl/N-ethyl adjacent to an activating group) is 1. The lowest BCUT2D eigenvalue weighted by atomic mass is 10.4. The molecule has 0 aliphatic heterocycles. The number of anilines is 1. The number of aromatic nitrogens is 3. The Morgan fingerprint density at radius 1 is 1.52 bits per heavy atom. The van der Waals surface area contributed by atoms with Crippen LogP contribution in [0, 0.1) is 0 Å². The van der Waals surface area contributed by atoms with Gasteiger partial charge in [0.2, 0.25) is 0 Å². The Hall–Kier alpha value is -2.12. The molecule has 0 saturated carbocycles. The third-order valence-corrected chi connectivity index (χ3v) is 3.11. The van der Waals surface area contributed by atoms with Gasteiger partial charge in [-0.1, -0.05) is 11.6 Å². The van der Waals surface area contributed by atoms with E-state index in [9.17, 15) is 4.79 Å². The fourth-order valence-electron chi connectivity index (χ4n) is 1.77. The number of pyridine rings is 1. The molecule has 0 atom stereocenters. The lowest BCUT2D eigenvalue weighted by Gasteiger charge is -2.19. The number of urea groups is 1. The maximum Gasteiger partial charge on any atom is 0.323 e. The van der Waals surface area contributed by atoms with Gasteiger partial charge in [-0.2, -0.15) is 0 Å². The molecule has 2 heterocycles. The van der Waals surface area contributed by atoms with Gasteiger partial charge < -0.3 is 10.0 Å². The van der Waals surface area contributed by atoms with Crippen LogP contribution in [0.2, 0.25) is 5.02 Å². The molecule has 112 valence electrons. The molecule has 2 N–H and O–H groups in total. The van der Waals surface area contributed by atoms with Crippen LogP contribution in [0.1, 0.15) is 6.92 Å². The summed E-state index contributed by atoms with van der Waals surface area (Å²) in [6, 6.07) is 4.77. The van der Waals surface area contributed by atoms with E-state index in [1.54, 1.807) is 30.6 Å². The second-order valence-electron chi connectivity index (χ2n) is 4.19. The Labute approximate surface area is 127 Å². The van der Waals surface area contributed by atoms with Crippen LogP contribution in [0.5, 0.6) is 0 Å². The summed E-state index contributed by atoms with van der Waals surface area (Å²) >= 11 is 6.04. The first kappa shape index (κ1) is 15.3. The van der Waals surface area contributed by atoms with Crippen molar-refractivity contribution in [3.05, 3.63) is 35.6 Å². The highest BCUT2D eigenvalue weighted by atomic mass is 35.5. The molecule has 2 aromatic rings. The Balaban J connectivity index is 2.10. The average molecular weight is 310 g/mol. The number of aliphatic hydroxyl groups is 1. The molecule has 2 aromatic heterocycles. The number of nitrogens with zero attached hydrogens (tertiary/aromatic N) is 4. The Morgan fingerprint density at radius 3 is 3.00 bits per heavy atom. The summed E-state index contributed by atoms with van der Waals surface area (Å²) in [4.78, 5) is 17.6. The summed E-state index contributed by atoms with van der Waals surface area (Å²) in [6.07, 6.45) is 3.27. The molecule has 8 heteroatoms. The van der Waals surface area contributed by atoms with Crippen LogP contribution in [-0.4, -0.2) is 50.5 Å². The Kier molecular flexibility index (Phi) is 5.13. The number of halogens is 1. The van der Waals surface area contributed by atoms with Crippen molar-refractivity contribution in [1.82, 2.24) is 19.7 Å². The summed E-state index contributed by atoms with van der Waals surface area (Å²) in [6.45, 7) is 2.52. The third-order valence-electron chi connectivity index (χ3n) is 2.82. The summed E-state index contributed by atoms with van der Waals surface area (Å²) in [5.74, 6) is 0.875. The number of rotatable bonds is 5. The van der Waals surface area contributed by atoms with E-state index >= 15 is 0 Å². The molecule has 0 bridgehead atoms. The largest absolute Gasteiger partial charge is 0.395 e. The van der Waals surface area contributed by atoms with E-state index in [0.29, 0.717) is 23.2 Å². The van der Waals surface area contributed by atoms with Crippen molar-refractivity contribution in [2.24, 2.45) is 0 Å². The van der Waals surface area contributed by atoms with Crippen LogP contribution in [0.3, 0.4) is 0 Å². The van der Waals surface area contributed by atoms with Crippen molar-refractivity contribution in [2.75, 3.05) is 25.0 Å². The molecule has 0 unspecified atom stereocenters. The summed E-state index contributed by atoms with van der Waals surface area (Å²) in [5, 5.41) is 16.2. The fraction of sp³-hybridized carbons (Fsp3) is 0.308. The number of amides is 2. The zero-order valence-corrected chi connectivity index (χ0v) is 12.3. The van der Waals surface area contributed by atoms with Crippen molar-refractivity contribution in [3.8, 4) is 5.82 Å². The number of nitrogens with one attached hydrogen (secondary N) is 1. The molecule has 0 radical (unpaired) electrons. The van der Waals surface area contributed by atoms with Gasteiger partial charge in [0.05, 0.1) is 11.6 Å². The minimum Gasteiger partial charge on any atom is -0.395 e. The van der Waals surface area contributed by atoms with Gasteiger partial charge in [0.25, 0.3) is 0 Å². The average Bonchev–Trinajstić information content (AvgIpc) is 2.93.